The Morgan fingerprint density at radius 2 is 1.42 bits per heavy atom. The van der Waals surface area contributed by atoms with E-state index in [2.05, 4.69) is 5.32 Å². The highest BCUT2D eigenvalue weighted by Crippen LogP contribution is 2.37. The highest BCUT2D eigenvalue weighted by Gasteiger charge is 2.35. The van der Waals surface area contributed by atoms with Crippen molar-refractivity contribution in [2.45, 2.75) is 57.1 Å². The zero-order valence-electron chi connectivity index (χ0n) is 26.2. The first-order valence-electron chi connectivity index (χ1n) is 14.3. The van der Waals surface area contributed by atoms with Crippen LogP contribution in [0, 0.1) is 0 Å². The maximum absolute atomic E-state index is 14.4. The van der Waals surface area contributed by atoms with Gasteiger partial charge in [0.25, 0.3) is 10.0 Å². The second kappa shape index (κ2) is 16.1. The fraction of sp³-hybridized carbons (Fsp3) is 0.375. The molecule has 0 saturated carbocycles. The van der Waals surface area contributed by atoms with Crippen LogP contribution in [0.4, 0.5) is 5.69 Å². The second-order valence-corrected chi connectivity index (χ2v) is 13.0. The van der Waals surface area contributed by atoms with Gasteiger partial charge in [0.1, 0.15) is 18.3 Å². The second-order valence-electron chi connectivity index (χ2n) is 10.2. The molecular weight excluding hydrogens is 641 g/mol. The number of amides is 2. The van der Waals surface area contributed by atoms with E-state index in [0.29, 0.717) is 22.8 Å². The summed E-state index contributed by atoms with van der Waals surface area (Å²) < 4.78 is 45.8. The van der Waals surface area contributed by atoms with Crippen LogP contribution >= 0.6 is 23.2 Å². The van der Waals surface area contributed by atoms with Crippen molar-refractivity contribution in [3.63, 3.8) is 0 Å². The first kappa shape index (κ1) is 35.8. The first-order valence-corrected chi connectivity index (χ1v) is 16.5. The van der Waals surface area contributed by atoms with Crippen molar-refractivity contribution in [3.05, 3.63) is 76.3 Å². The maximum Gasteiger partial charge on any atom is 0.265 e. The van der Waals surface area contributed by atoms with E-state index in [-0.39, 0.29) is 52.0 Å². The van der Waals surface area contributed by atoms with Crippen molar-refractivity contribution in [1.82, 2.24) is 10.2 Å². The Morgan fingerprint density at radius 1 is 0.822 bits per heavy atom. The molecule has 0 fully saturated rings. The smallest absolute Gasteiger partial charge is 0.265 e. The Balaban J connectivity index is 2.17. The van der Waals surface area contributed by atoms with Crippen LogP contribution in [0.15, 0.2) is 65.6 Å². The molecule has 2 unspecified atom stereocenters. The number of nitrogens with zero attached hydrogens (tertiary/aromatic N) is 2. The molecule has 10 nitrogen and oxygen atoms in total. The van der Waals surface area contributed by atoms with Gasteiger partial charge >= 0.3 is 0 Å². The number of methoxy groups -OCH3 is 3. The zero-order valence-corrected chi connectivity index (χ0v) is 28.5. The van der Waals surface area contributed by atoms with E-state index in [0.717, 1.165) is 4.31 Å². The standard InChI is InChI=1S/C32H39Cl2N3O7S/c1-7-21(3)35-32(39)26(8-2)36(19-22-9-11-23(33)12-10-22)31(38)20-37(27-17-24(34)13-15-28(27)42-4)45(40,41)25-14-16-29(43-5)30(18-25)44-6/h9-18,21,26H,7-8,19-20H2,1-6H3,(H,35,39). The van der Waals surface area contributed by atoms with Crippen molar-refractivity contribution in [2.75, 3.05) is 32.2 Å². The lowest BCUT2D eigenvalue weighted by molar-refractivity contribution is -0.140. The predicted octanol–water partition coefficient (Wildman–Crippen LogP) is 5.94. The van der Waals surface area contributed by atoms with E-state index in [4.69, 9.17) is 37.4 Å². The number of carbonyl (C=O) groups excluding carboxylic acids is 2. The Morgan fingerprint density at radius 3 is 2.00 bits per heavy atom. The van der Waals surface area contributed by atoms with E-state index >= 15 is 0 Å². The van der Waals surface area contributed by atoms with E-state index in [9.17, 15) is 18.0 Å². The summed E-state index contributed by atoms with van der Waals surface area (Å²) in [7, 11) is -0.243. The number of ether oxygens (including phenoxy) is 3. The summed E-state index contributed by atoms with van der Waals surface area (Å²) in [6.45, 7) is 4.96. The SMILES string of the molecule is CCC(C)NC(=O)C(CC)N(Cc1ccc(Cl)cc1)C(=O)CN(c1cc(Cl)ccc1OC)S(=O)(=O)c1ccc(OC)c(OC)c1. The molecule has 0 spiro atoms. The monoisotopic (exact) mass is 679 g/mol. The van der Waals surface area contributed by atoms with Crippen molar-refractivity contribution in [1.29, 1.82) is 0 Å². The summed E-state index contributed by atoms with van der Waals surface area (Å²) in [6, 6.07) is 14.4. The number of rotatable bonds is 15. The minimum absolute atomic E-state index is 0.0271. The molecular formula is C32H39Cl2N3O7S. The van der Waals surface area contributed by atoms with E-state index in [1.807, 2.05) is 13.8 Å². The average Bonchev–Trinajstić information content (AvgIpc) is 3.03. The van der Waals surface area contributed by atoms with Crippen LogP contribution in [0.2, 0.25) is 10.0 Å². The summed E-state index contributed by atoms with van der Waals surface area (Å²) in [4.78, 5) is 29.0. The summed E-state index contributed by atoms with van der Waals surface area (Å²) in [6.07, 6.45) is 0.976. The average molecular weight is 681 g/mol. The van der Waals surface area contributed by atoms with Crippen LogP contribution < -0.4 is 23.8 Å². The number of carbonyl (C=O) groups is 2. The number of hydrogen-bond acceptors (Lipinski definition) is 7. The summed E-state index contributed by atoms with van der Waals surface area (Å²) in [5.41, 5.74) is 0.744. The molecule has 3 rings (SSSR count). The summed E-state index contributed by atoms with van der Waals surface area (Å²) in [5, 5.41) is 3.69. The Labute approximate surface area is 275 Å². The fourth-order valence-electron chi connectivity index (χ4n) is 4.62. The molecule has 1 N–H and O–H groups in total. The van der Waals surface area contributed by atoms with Crippen molar-refractivity contribution >= 4 is 50.7 Å². The number of hydrogen-bond donors (Lipinski definition) is 1. The minimum atomic E-state index is -4.45. The van der Waals surface area contributed by atoms with E-state index in [1.54, 1.807) is 37.3 Å². The lowest BCUT2D eigenvalue weighted by Crippen LogP contribution is -2.53. The van der Waals surface area contributed by atoms with Gasteiger partial charge in [-0.25, -0.2) is 8.42 Å². The molecule has 13 heteroatoms. The molecule has 0 aliphatic carbocycles. The Kier molecular flexibility index (Phi) is 12.8. The van der Waals surface area contributed by atoms with E-state index < -0.39 is 28.5 Å². The van der Waals surface area contributed by atoms with Gasteiger partial charge in [-0.3, -0.25) is 13.9 Å². The molecule has 3 aromatic carbocycles. The third-order valence-electron chi connectivity index (χ3n) is 7.28. The summed E-state index contributed by atoms with van der Waals surface area (Å²) >= 11 is 12.4. The molecule has 0 aliphatic rings. The predicted molar refractivity (Wildman–Crippen MR) is 176 cm³/mol. The molecule has 3 aromatic rings. The van der Waals surface area contributed by atoms with Gasteiger partial charge in [-0.2, -0.15) is 0 Å². The molecule has 0 radical (unpaired) electrons. The third-order valence-corrected chi connectivity index (χ3v) is 9.53. The molecule has 45 heavy (non-hydrogen) atoms. The molecule has 244 valence electrons. The highest BCUT2D eigenvalue weighted by atomic mass is 35.5. The maximum atomic E-state index is 14.4. The lowest BCUT2D eigenvalue weighted by Gasteiger charge is -2.34. The Hall–Kier alpha value is -3.67. The van der Waals surface area contributed by atoms with Crippen LogP contribution in [0.5, 0.6) is 17.2 Å². The van der Waals surface area contributed by atoms with Gasteiger partial charge < -0.3 is 24.4 Å². The number of halogens is 2. The van der Waals surface area contributed by atoms with Crippen molar-refractivity contribution < 1.29 is 32.2 Å². The molecule has 0 aliphatic heterocycles. The van der Waals surface area contributed by atoms with Gasteiger partial charge in [-0.05, 0) is 67.8 Å². The molecule has 0 saturated heterocycles. The van der Waals surface area contributed by atoms with Crippen LogP contribution in [0.25, 0.3) is 0 Å². The van der Waals surface area contributed by atoms with Crippen molar-refractivity contribution in [3.8, 4) is 17.2 Å². The van der Waals surface area contributed by atoms with Crippen LogP contribution in [-0.2, 0) is 26.2 Å². The van der Waals surface area contributed by atoms with Gasteiger partial charge in [-0.1, -0.05) is 49.2 Å². The number of anilines is 1. The van der Waals surface area contributed by atoms with Crippen LogP contribution in [0.1, 0.15) is 39.2 Å². The molecule has 2 atom stereocenters. The zero-order chi connectivity index (χ0) is 33.3. The first-order chi connectivity index (χ1) is 21.4. The summed E-state index contributed by atoms with van der Waals surface area (Å²) in [5.74, 6) is -0.292. The lowest BCUT2D eigenvalue weighted by atomic mass is 10.1. The van der Waals surface area contributed by atoms with Gasteiger partial charge in [0.15, 0.2) is 11.5 Å². The van der Waals surface area contributed by atoms with E-state index in [1.165, 1.54) is 56.6 Å². The quantitative estimate of drug-likeness (QED) is 0.212. The number of sulfonamides is 1. The minimum Gasteiger partial charge on any atom is -0.495 e. The third kappa shape index (κ3) is 8.74. The largest absolute Gasteiger partial charge is 0.495 e. The fourth-order valence-corrected chi connectivity index (χ4v) is 6.35. The van der Waals surface area contributed by atoms with Crippen LogP contribution in [0.3, 0.4) is 0 Å². The number of benzene rings is 3. The molecule has 0 aromatic heterocycles. The van der Waals surface area contributed by atoms with Gasteiger partial charge in [0, 0.05) is 28.7 Å². The molecule has 2 amide bonds. The number of nitrogens with one attached hydrogen (secondary N) is 1. The van der Waals surface area contributed by atoms with Gasteiger partial charge in [-0.15, -0.1) is 0 Å². The normalized spacial score (nSPS) is 12.5. The van der Waals surface area contributed by atoms with Gasteiger partial charge in [0.2, 0.25) is 11.8 Å². The molecule has 0 bridgehead atoms. The van der Waals surface area contributed by atoms with Gasteiger partial charge in [0.05, 0.1) is 31.9 Å². The molecule has 0 heterocycles. The van der Waals surface area contributed by atoms with Crippen molar-refractivity contribution in [2.24, 2.45) is 0 Å². The highest BCUT2D eigenvalue weighted by molar-refractivity contribution is 7.92. The Bertz CT molecular complexity index is 1590. The van der Waals surface area contributed by atoms with Crippen LogP contribution in [-0.4, -0.2) is 65.1 Å². The topological polar surface area (TPSA) is 114 Å².